The van der Waals surface area contributed by atoms with Crippen LogP contribution in [-0.4, -0.2) is 317 Å². The van der Waals surface area contributed by atoms with Gasteiger partial charge in [0.2, 0.25) is 35.4 Å². The number of benzene rings is 1. The summed E-state index contributed by atoms with van der Waals surface area (Å²) >= 11 is 0. The molecule has 6 N–H and O–H groups in total. The van der Waals surface area contributed by atoms with Crippen LogP contribution in [0.15, 0.2) is 66.8 Å². The maximum atomic E-state index is 14.6. The van der Waals surface area contributed by atoms with E-state index in [4.69, 9.17) is 47.4 Å². The third-order valence-corrected chi connectivity index (χ3v) is 24.1. The van der Waals surface area contributed by atoms with Gasteiger partial charge >= 0.3 is 0 Å². The molecule has 0 aliphatic carbocycles. The zero-order chi connectivity index (χ0) is 75.6. The lowest BCUT2D eigenvalue weighted by molar-refractivity contribution is -0.292. The number of methoxy groups -OCH3 is 1. The average molecular weight is 1510 g/mol. The molecule has 0 aromatic heterocycles. The number of Topliss-reactive ketones (excluding diaryl/α,β-unsaturated/α-hetero) is 1. The van der Waals surface area contributed by atoms with Gasteiger partial charge < -0.3 is 88.9 Å². The van der Waals surface area contributed by atoms with Gasteiger partial charge in [0, 0.05) is 168 Å². The molecule has 14 heterocycles. The number of nitrogens with one attached hydrogen (secondary N) is 5. The van der Waals surface area contributed by atoms with Crippen LogP contribution in [0.5, 0.6) is 0 Å². The van der Waals surface area contributed by atoms with Crippen molar-refractivity contribution in [3.63, 3.8) is 0 Å². The Bertz CT molecular complexity index is 3390. The van der Waals surface area contributed by atoms with Crippen LogP contribution in [0, 0.1) is 11.8 Å². The number of amides is 8. The molecule has 4 unspecified atom stereocenters. The normalized spacial score (nSPS) is 35.8. The number of ketones is 1. The summed E-state index contributed by atoms with van der Waals surface area (Å²) < 4.78 is 66.9. The first-order valence-electron chi connectivity index (χ1n) is 39.5. The quantitative estimate of drug-likeness (QED) is 0.0682. The molecule has 1 aromatic carbocycles. The number of carbonyl (C=O) groups excluding carboxylic acids is 9. The van der Waals surface area contributed by atoms with Crippen LogP contribution in [0.2, 0.25) is 0 Å². The number of fused-ring (bicyclic) bond motifs is 18. The smallest absolute Gasteiger partial charge is 0.253 e. The molecule has 14 aliphatic rings. The number of hydrogen-bond acceptors (Lipinski definition) is 23. The maximum Gasteiger partial charge on any atom is 0.253 e. The molecule has 30 heteroatoms. The van der Waals surface area contributed by atoms with Gasteiger partial charge in [0.1, 0.15) is 42.3 Å². The fraction of sp³-hybridized carbons (Fsp3) is 0.731. The Morgan fingerprint density at radius 1 is 0.630 bits per heavy atom. The molecule has 594 valence electrons. The van der Waals surface area contributed by atoms with Crippen LogP contribution >= 0.6 is 0 Å². The Labute approximate surface area is 632 Å². The largest absolute Gasteiger partial charge is 0.391 e. The van der Waals surface area contributed by atoms with E-state index in [-0.39, 0.29) is 142 Å². The molecule has 0 saturated carbocycles. The van der Waals surface area contributed by atoms with Crippen molar-refractivity contribution in [1.29, 1.82) is 0 Å². The Balaban J connectivity index is 0.565. The molecule has 0 radical (unpaired) electrons. The van der Waals surface area contributed by atoms with E-state index in [1.165, 1.54) is 12.2 Å². The van der Waals surface area contributed by atoms with Gasteiger partial charge in [0.05, 0.1) is 100.0 Å². The van der Waals surface area contributed by atoms with Crippen molar-refractivity contribution in [2.75, 3.05) is 125 Å². The topological polar surface area (TPSA) is 343 Å². The zero-order valence-corrected chi connectivity index (χ0v) is 62.6. The Kier molecular flexibility index (Phi) is 27.1. The highest BCUT2D eigenvalue weighted by molar-refractivity contribution is 6.12. The second kappa shape index (κ2) is 36.8. The minimum atomic E-state index is -1.17. The van der Waals surface area contributed by atoms with Crippen LogP contribution in [0.1, 0.15) is 115 Å². The number of carbonyl (C=O) groups is 9. The van der Waals surface area contributed by atoms with E-state index in [1.807, 2.05) is 11.0 Å². The summed E-state index contributed by atoms with van der Waals surface area (Å²) in [4.78, 5) is 129. The number of aliphatic hydroxyl groups excluding tert-OH is 1. The molecule has 8 amide bonds. The summed E-state index contributed by atoms with van der Waals surface area (Å²) in [6, 6.07) is 7.80. The van der Waals surface area contributed by atoms with Crippen LogP contribution < -0.4 is 26.6 Å². The van der Waals surface area contributed by atoms with Gasteiger partial charge in [-0.15, -0.1) is 0 Å². The Morgan fingerprint density at radius 3 is 2.06 bits per heavy atom. The molecule has 13 saturated heterocycles. The van der Waals surface area contributed by atoms with Crippen molar-refractivity contribution in [2.45, 2.75) is 226 Å². The summed E-state index contributed by atoms with van der Waals surface area (Å²) in [6.07, 6.45) is 4.11. The number of ether oxygens (including phenoxy) is 10. The molecule has 108 heavy (non-hydrogen) atoms. The van der Waals surface area contributed by atoms with Crippen molar-refractivity contribution in [3.8, 4) is 0 Å². The lowest BCUT2D eigenvalue weighted by atomic mass is 9.81. The number of rotatable bonds is 22. The summed E-state index contributed by atoms with van der Waals surface area (Å²) in [7, 11) is 1.57. The van der Waals surface area contributed by atoms with Gasteiger partial charge in [-0.2, -0.15) is 0 Å². The molecule has 14 aliphatic heterocycles. The second-order valence-corrected chi connectivity index (χ2v) is 31.6. The van der Waals surface area contributed by atoms with Gasteiger partial charge in [-0.05, 0) is 74.0 Å². The SMILES string of the molecule is C=C1C[C@@H]2CC[C@@]34C[C@H]5OC6C(O[C@H]7CC[C@H](CC(=O)C[C@@H]8[C@@H](OC)[C@@H](C[C@H](O)CNC(=O)CNC(=O)[C@H](Cc9ccccc9)NC(=O)CNC(=O)CNC(=O)CCN9CCN%10CCOCCN(CC9)CCN(C(=O)CCCN9C(=O)C=CC9=O)CC%10)O[C@H]8C[C@H]8O[C@@H](CC[C@@H]1O2)C[C@@H](C)C8=C)O[C@@H]7[C@@H]6O3)[C@H]5O4. The molecule has 13 fully saturated rings. The highest BCUT2D eigenvalue weighted by atomic mass is 16.8. The van der Waals surface area contributed by atoms with Crippen molar-refractivity contribution in [1.82, 2.24) is 51.1 Å². The van der Waals surface area contributed by atoms with Crippen LogP contribution in [0.4, 0.5) is 0 Å². The van der Waals surface area contributed by atoms with Gasteiger partial charge in [-0.25, -0.2) is 0 Å². The van der Waals surface area contributed by atoms with Gasteiger partial charge in [0.15, 0.2) is 5.79 Å². The van der Waals surface area contributed by atoms with Gasteiger partial charge in [-0.3, -0.25) is 57.9 Å². The van der Waals surface area contributed by atoms with Crippen molar-refractivity contribution in [3.05, 3.63) is 72.4 Å². The fourth-order valence-electron chi connectivity index (χ4n) is 18.1. The van der Waals surface area contributed by atoms with E-state index in [2.05, 4.69) is 61.4 Å². The maximum absolute atomic E-state index is 14.6. The predicted octanol–water partition coefficient (Wildman–Crippen LogP) is 0.545. The highest BCUT2D eigenvalue weighted by Crippen LogP contribution is 2.55. The summed E-state index contributed by atoms with van der Waals surface area (Å²) in [5.74, 6) is -4.87. The molecule has 1 aromatic rings. The van der Waals surface area contributed by atoms with Crippen LogP contribution in [-0.2, 0) is 96.9 Å². The summed E-state index contributed by atoms with van der Waals surface area (Å²) in [5.41, 5.74) is 2.74. The zero-order valence-electron chi connectivity index (χ0n) is 62.6. The standard InChI is InChI=1S/C78H112N10O20/c1-47-35-53-12-14-58-48(2)36-55(101-58)18-20-78-42-63-73(107-78)74-75(106-63)76(108-78)72-59(105-74)15-13-54(103-72)38-51(89)39-56-61(41-60(102-53)49(47)3)104-62(71(56)99-4)40-52(90)43-79-66(93)45-82-77(98)57(37-50-9-6-5-7-10-50)83-67(94)46-81-65(92)44-80-64(91)19-22-84-23-25-85-27-29-87(30-28-86(26-24-84)32-34-100-33-31-85)68(95)11-8-21-88-69(96)16-17-70(88)97/h5-7,9-10,16-17,47,52-63,71-76,90H,2-3,8,11-15,18-46H2,1,4H3,(H,79,93)(H,80,91)(H,81,92)(H,82,98)(H,83,94)/t47-,52+,53+,54-,55+,56+,57+,58+,59+,60-,61+,62-,63-,71-,72+,73+,74?,75?,76+,78+/m1/s1. The van der Waals surface area contributed by atoms with Crippen LogP contribution in [0.3, 0.4) is 0 Å². The first-order chi connectivity index (χ1) is 52.2. The fourth-order valence-corrected chi connectivity index (χ4v) is 18.1. The molecule has 30 nitrogen and oxygen atoms in total. The second-order valence-electron chi connectivity index (χ2n) is 31.6. The van der Waals surface area contributed by atoms with Crippen molar-refractivity contribution < 1.29 is 95.6 Å². The van der Waals surface area contributed by atoms with Crippen molar-refractivity contribution >= 4 is 53.0 Å². The average Bonchev–Trinajstić information content (AvgIpc) is 1.55. The first-order valence-corrected chi connectivity index (χ1v) is 39.5. The Morgan fingerprint density at radius 2 is 1.30 bits per heavy atom. The van der Waals surface area contributed by atoms with E-state index in [0.717, 1.165) is 48.2 Å². The van der Waals surface area contributed by atoms with E-state index >= 15 is 0 Å². The van der Waals surface area contributed by atoms with Crippen molar-refractivity contribution in [2.24, 2.45) is 11.8 Å². The van der Waals surface area contributed by atoms with Gasteiger partial charge in [0.25, 0.3) is 11.8 Å². The van der Waals surface area contributed by atoms with E-state index in [0.29, 0.717) is 129 Å². The Hall–Kier alpha value is -6.49. The van der Waals surface area contributed by atoms with E-state index in [9.17, 15) is 48.3 Å². The number of imide groups is 1. The summed E-state index contributed by atoms with van der Waals surface area (Å²) in [6.45, 7) is 17.4. The van der Waals surface area contributed by atoms with Gasteiger partial charge in [-0.1, -0.05) is 50.4 Å². The minimum absolute atomic E-state index is 0.0183. The molecular formula is C78H112N10O20. The monoisotopic (exact) mass is 1510 g/mol. The number of hydrogen-bond donors (Lipinski definition) is 6. The highest BCUT2D eigenvalue weighted by Gasteiger charge is 2.69. The summed E-state index contributed by atoms with van der Waals surface area (Å²) in [5, 5.41) is 24.9. The number of nitrogens with zero attached hydrogens (tertiary/aromatic N) is 5. The van der Waals surface area contributed by atoms with Crippen LogP contribution in [0.25, 0.3) is 0 Å². The lowest BCUT2D eigenvalue weighted by Crippen LogP contribution is -2.61. The minimum Gasteiger partial charge on any atom is -0.391 e. The van der Waals surface area contributed by atoms with E-state index < -0.39 is 104 Å². The lowest BCUT2D eigenvalue weighted by Gasteiger charge is -2.47. The molecular weight excluding hydrogens is 1400 g/mol. The third-order valence-electron chi connectivity index (χ3n) is 24.1. The third kappa shape index (κ3) is 20.2. The molecule has 15 rings (SSSR count). The first kappa shape index (κ1) is 79.6. The van der Waals surface area contributed by atoms with E-state index in [1.54, 1.807) is 31.4 Å². The predicted molar refractivity (Wildman–Crippen MR) is 388 cm³/mol. The molecule has 14 bridgehead atoms. The molecule has 1 spiro atoms. The number of aliphatic hydroxyl groups is 1. The molecule has 22 atom stereocenters.